The van der Waals surface area contributed by atoms with Gasteiger partial charge in [0.1, 0.15) is 35.6 Å². The molecule has 0 spiro atoms. The maximum Gasteiger partial charge on any atom is 0.257 e. The summed E-state index contributed by atoms with van der Waals surface area (Å²) in [4.78, 5) is 29.5. The van der Waals surface area contributed by atoms with Crippen LogP contribution in [0.5, 0.6) is 5.75 Å². The van der Waals surface area contributed by atoms with Gasteiger partial charge >= 0.3 is 0 Å². The second-order valence-corrected chi connectivity index (χ2v) is 8.70. The van der Waals surface area contributed by atoms with Gasteiger partial charge < -0.3 is 15.0 Å². The Kier molecular flexibility index (Phi) is 8.63. The summed E-state index contributed by atoms with van der Waals surface area (Å²) < 4.78 is 33.6. The molecule has 2 amide bonds. The Morgan fingerprint density at radius 2 is 1.64 bits per heavy atom. The van der Waals surface area contributed by atoms with Gasteiger partial charge in [0.25, 0.3) is 5.91 Å². The molecule has 2 aromatic rings. The highest BCUT2D eigenvalue weighted by molar-refractivity contribution is 6.30. The zero-order chi connectivity index (χ0) is 24.0. The molecule has 0 unspecified atom stereocenters. The van der Waals surface area contributed by atoms with Crippen molar-refractivity contribution in [3.8, 4) is 5.75 Å². The van der Waals surface area contributed by atoms with Crippen LogP contribution in [0.1, 0.15) is 24.2 Å². The van der Waals surface area contributed by atoms with Crippen LogP contribution in [0.3, 0.4) is 0 Å². The fourth-order valence-electron chi connectivity index (χ4n) is 3.65. The van der Waals surface area contributed by atoms with Crippen LogP contribution in [-0.2, 0) is 4.79 Å². The second-order valence-electron chi connectivity index (χ2n) is 8.26. The summed E-state index contributed by atoms with van der Waals surface area (Å²) in [5.41, 5.74) is -0.679. The van der Waals surface area contributed by atoms with Crippen molar-refractivity contribution in [3.63, 3.8) is 0 Å². The van der Waals surface area contributed by atoms with Gasteiger partial charge in [-0.25, -0.2) is 8.78 Å². The SMILES string of the molecule is CC(C)[C@@H](NC(=O)c1c(F)cccc1F)C(=O)N1CCN(CCOc2ccc(Cl)cc2)CC1. The molecule has 1 N–H and O–H groups in total. The molecule has 1 fully saturated rings. The van der Waals surface area contributed by atoms with E-state index in [4.69, 9.17) is 16.3 Å². The third-order valence-electron chi connectivity index (χ3n) is 5.58. The topological polar surface area (TPSA) is 61.9 Å². The molecule has 0 aliphatic carbocycles. The van der Waals surface area contributed by atoms with Crippen molar-refractivity contribution in [2.24, 2.45) is 5.92 Å². The van der Waals surface area contributed by atoms with E-state index in [9.17, 15) is 18.4 Å². The van der Waals surface area contributed by atoms with Crippen molar-refractivity contribution in [2.45, 2.75) is 19.9 Å². The lowest BCUT2D eigenvalue weighted by Crippen LogP contribution is -2.56. The first-order valence-corrected chi connectivity index (χ1v) is 11.3. The number of benzene rings is 2. The normalized spacial score (nSPS) is 15.4. The lowest BCUT2D eigenvalue weighted by Gasteiger charge is -2.37. The number of halogens is 3. The molecule has 9 heteroatoms. The minimum atomic E-state index is -0.961. The fourth-order valence-corrected chi connectivity index (χ4v) is 3.78. The van der Waals surface area contributed by atoms with Crippen molar-refractivity contribution in [3.05, 3.63) is 64.7 Å². The van der Waals surface area contributed by atoms with E-state index in [1.807, 2.05) is 12.1 Å². The van der Waals surface area contributed by atoms with Gasteiger partial charge in [-0.05, 0) is 42.3 Å². The number of rotatable bonds is 8. The van der Waals surface area contributed by atoms with E-state index < -0.39 is 29.1 Å². The summed E-state index contributed by atoms with van der Waals surface area (Å²) >= 11 is 5.87. The zero-order valence-corrected chi connectivity index (χ0v) is 19.4. The van der Waals surface area contributed by atoms with Gasteiger partial charge in [-0.2, -0.15) is 0 Å². The predicted molar refractivity (Wildman–Crippen MR) is 122 cm³/mol. The molecule has 33 heavy (non-hydrogen) atoms. The fraction of sp³-hybridized carbons (Fsp3) is 0.417. The maximum absolute atomic E-state index is 14.0. The average molecular weight is 480 g/mol. The number of hydrogen-bond donors (Lipinski definition) is 1. The van der Waals surface area contributed by atoms with Crippen LogP contribution in [0.2, 0.25) is 5.02 Å². The Balaban J connectivity index is 1.51. The van der Waals surface area contributed by atoms with E-state index in [0.717, 1.165) is 17.9 Å². The smallest absolute Gasteiger partial charge is 0.257 e. The molecule has 0 radical (unpaired) electrons. The van der Waals surface area contributed by atoms with Crippen LogP contribution in [0.25, 0.3) is 0 Å². The number of amides is 2. The van der Waals surface area contributed by atoms with E-state index in [1.165, 1.54) is 6.07 Å². The Morgan fingerprint density at radius 1 is 1.03 bits per heavy atom. The summed E-state index contributed by atoms with van der Waals surface area (Å²) in [5, 5.41) is 3.18. The monoisotopic (exact) mass is 479 g/mol. The second kappa shape index (κ2) is 11.4. The lowest BCUT2D eigenvalue weighted by molar-refractivity contribution is -0.136. The van der Waals surface area contributed by atoms with Gasteiger partial charge in [0, 0.05) is 37.7 Å². The van der Waals surface area contributed by atoms with E-state index in [2.05, 4.69) is 10.2 Å². The molecule has 1 heterocycles. The third-order valence-corrected chi connectivity index (χ3v) is 5.83. The van der Waals surface area contributed by atoms with Gasteiger partial charge in [0.15, 0.2) is 0 Å². The Labute approximate surface area is 197 Å². The third kappa shape index (κ3) is 6.65. The summed E-state index contributed by atoms with van der Waals surface area (Å²) in [5.74, 6) is -2.62. The van der Waals surface area contributed by atoms with Crippen LogP contribution < -0.4 is 10.1 Å². The van der Waals surface area contributed by atoms with Crippen LogP contribution in [-0.4, -0.2) is 67.0 Å². The molecule has 0 saturated carbocycles. The van der Waals surface area contributed by atoms with E-state index in [0.29, 0.717) is 44.4 Å². The van der Waals surface area contributed by atoms with Crippen LogP contribution in [0.4, 0.5) is 8.78 Å². The molecule has 0 bridgehead atoms. The van der Waals surface area contributed by atoms with Crippen LogP contribution >= 0.6 is 11.6 Å². The zero-order valence-electron chi connectivity index (χ0n) is 18.7. The first-order valence-electron chi connectivity index (χ1n) is 10.9. The number of hydrogen-bond acceptors (Lipinski definition) is 4. The Morgan fingerprint density at radius 3 is 2.21 bits per heavy atom. The predicted octanol–water partition coefficient (Wildman–Crippen LogP) is 3.60. The quantitative estimate of drug-likeness (QED) is 0.628. The van der Waals surface area contributed by atoms with E-state index in [-0.39, 0.29) is 11.8 Å². The number of carbonyl (C=O) groups excluding carboxylic acids is 2. The van der Waals surface area contributed by atoms with Crippen molar-refractivity contribution in [2.75, 3.05) is 39.3 Å². The molecule has 6 nitrogen and oxygen atoms in total. The largest absolute Gasteiger partial charge is 0.492 e. The molecule has 1 atom stereocenters. The lowest BCUT2D eigenvalue weighted by atomic mass is 10.0. The average Bonchev–Trinajstić information content (AvgIpc) is 2.78. The van der Waals surface area contributed by atoms with Crippen molar-refractivity contribution >= 4 is 23.4 Å². The standard InChI is InChI=1S/C24H28ClF2N3O3/c1-16(2)22(28-23(31)21-19(26)4-3-5-20(21)27)24(32)30-12-10-29(11-13-30)14-15-33-18-8-6-17(25)7-9-18/h3-9,16,22H,10-15H2,1-2H3,(H,28,31)/t22-/m1/s1. The summed E-state index contributed by atoms with van der Waals surface area (Å²) in [6.45, 7) is 7.10. The van der Waals surface area contributed by atoms with E-state index in [1.54, 1.807) is 30.9 Å². The highest BCUT2D eigenvalue weighted by atomic mass is 35.5. The van der Waals surface area contributed by atoms with Gasteiger partial charge in [0.05, 0.1) is 0 Å². The highest BCUT2D eigenvalue weighted by Gasteiger charge is 2.32. The van der Waals surface area contributed by atoms with Crippen LogP contribution in [0.15, 0.2) is 42.5 Å². The van der Waals surface area contributed by atoms with Gasteiger partial charge in [-0.1, -0.05) is 31.5 Å². The van der Waals surface area contributed by atoms with Crippen molar-refractivity contribution in [1.29, 1.82) is 0 Å². The van der Waals surface area contributed by atoms with Crippen molar-refractivity contribution < 1.29 is 23.1 Å². The molecular formula is C24H28ClF2N3O3. The van der Waals surface area contributed by atoms with Crippen molar-refractivity contribution in [1.82, 2.24) is 15.1 Å². The van der Waals surface area contributed by atoms with Gasteiger partial charge in [-0.3, -0.25) is 14.5 Å². The summed E-state index contributed by atoms with van der Waals surface area (Å²) in [6.07, 6.45) is 0. The highest BCUT2D eigenvalue weighted by Crippen LogP contribution is 2.17. The minimum absolute atomic E-state index is 0.248. The first kappa shape index (κ1) is 24.9. The van der Waals surface area contributed by atoms with E-state index >= 15 is 0 Å². The Hall–Kier alpha value is -2.71. The summed E-state index contributed by atoms with van der Waals surface area (Å²) in [7, 11) is 0. The number of nitrogens with one attached hydrogen (secondary N) is 1. The molecule has 1 aliphatic rings. The number of ether oxygens (including phenoxy) is 1. The molecule has 2 aromatic carbocycles. The first-order chi connectivity index (χ1) is 15.8. The Bertz CT molecular complexity index is 944. The molecule has 0 aromatic heterocycles. The molecule has 3 rings (SSSR count). The minimum Gasteiger partial charge on any atom is -0.492 e. The number of carbonyl (C=O) groups is 2. The number of nitrogens with zero attached hydrogens (tertiary/aromatic N) is 2. The van der Waals surface area contributed by atoms with Crippen LogP contribution in [0, 0.1) is 17.6 Å². The number of piperazine rings is 1. The molecular weight excluding hydrogens is 452 g/mol. The molecule has 1 aliphatic heterocycles. The summed E-state index contributed by atoms with van der Waals surface area (Å²) in [6, 6.07) is 9.50. The van der Waals surface area contributed by atoms with Gasteiger partial charge in [0.2, 0.25) is 5.91 Å². The molecule has 1 saturated heterocycles. The van der Waals surface area contributed by atoms with Gasteiger partial charge in [-0.15, -0.1) is 0 Å². The maximum atomic E-state index is 14.0. The molecule has 178 valence electrons.